The molecule has 2 heterocycles. The summed E-state index contributed by atoms with van der Waals surface area (Å²) in [5, 5.41) is 0. The van der Waals surface area contributed by atoms with Crippen LogP contribution in [-0.4, -0.2) is 50.8 Å². The van der Waals surface area contributed by atoms with E-state index < -0.39 is 0 Å². The van der Waals surface area contributed by atoms with Gasteiger partial charge < -0.3 is 14.4 Å². The van der Waals surface area contributed by atoms with Crippen molar-refractivity contribution in [3.63, 3.8) is 0 Å². The van der Waals surface area contributed by atoms with Crippen LogP contribution < -0.4 is 0 Å². The van der Waals surface area contributed by atoms with Gasteiger partial charge in [-0.3, -0.25) is 9.59 Å². The molecular formula is C26H31FN4O2. The fourth-order valence-corrected chi connectivity index (χ4v) is 4.62. The van der Waals surface area contributed by atoms with Crippen LogP contribution in [0.2, 0.25) is 0 Å². The van der Waals surface area contributed by atoms with E-state index >= 15 is 0 Å². The third-order valence-electron chi connectivity index (χ3n) is 6.18. The van der Waals surface area contributed by atoms with Gasteiger partial charge >= 0.3 is 0 Å². The van der Waals surface area contributed by atoms with Gasteiger partial charge in [0.05, 0.1) is 11.0 Å². The van der Waals surface area contributed by atoms with E-state index in [0.717, 1.165) is 48.4 Å². The van der Waals surface area contributed by atoms with Crippen molar-refractivity contribution >= 4 is 22.8 Å². The van der Waals surface area contributed by atoms with Crippen molar-refractivity contribution in [2.45, 2.75) is 52.1 Å². The summed E-state index contributed by atoms with van der Waals surface area (Å²) in [4.78, 5) is 34.5. The maximum absolute atomic E-state index is 13.2. The van der Waals surface area contributed by atoms with E-state index in [0.29, 0.717) is 19.5 Å². The van der Waals surface area contributed by atoms with Crippen LogP contribution in [0.25, 0.3) is 11.0 Å². The van der Waals surface area contributed by atoms with Gasteiger partial charge in [0.25, 0.3) is 0 Å². The second-order valence-corrected chi connectivity index (χ2v) is 8.73. The molecule has 0 N–H and O–H groups in total. The zero-order valence-electron chi connectivity index (χ0n) is 19.3. The summed E-state index contributed by atoms with van der Waals surface area (Å²) in [6.07, 6.45) is 2.18. The first-order chi connectivity index (χ1) is 16.0. The number of fused-ring (bicyclic) bond motifs is 1. The van der Waals surface area contributed by atoms with Gasteiger partial charge in [-0.05, 0) is 42.7 Å². The predicted molar refractivity (Wildman–Crippen MR) is 126 cm³/mol. The van der Waals surface area contributed by atoms with Gasteiger partial charge in [-0.25, -0.2) is 9.37 Å². The lowest BCUT2D eigenvalue weighted by Gasteiger charge is -2.23. The summed E-state index contributed by atoms with van der Waals surface area (Å²) in [6, 6.07) is 14.1. The fraction of sp³-hybridized carbons (Fsp3) is 0.423. The van der Waals surface area contributed by atoms with Crippen LogP contribution in [0.15, 0.2) is 48.5 Å². The lowest BCUT2D eigenvalue weighted by atomic mass is 10.1. The number of benzene rings is 2. The molecule has 0 aliphatic carbocycles. The Labute approximate surface area is 194 Å². The summed E-state index contributed by atoms with van der Waals surface area (Å²) in [7, 11) is 0. The number of para-hydroxylation sites is 2. The van der Waals surface area contributed by atoms with Crippen LogP contribution in [0.3, 0.4) is 0 Å². The minimum Gasteiger partial charge on any atom is -0.341 e. The Morgan fingerprint density at radius 3 is 2.48 bits per heavy atom. The van der Waals surface area contributed by atoms with Gasteiger partial charge in [-0.2, -0.15) is 0 Å². The molecule has 6 nitrogen and oxygen atoms in total. The van der Waals surface area contributed by atoms with Crippen LogP contribution in [0.5, 0.6) is 0 Å². The van der Waals surface area contributed by atoms with Crippen LogP contribution in [0.1, 0.15) is 50.4 Å². The molecule has 1 atom stereocenters. The Hall–Kier alpha value is -3.22. The Balaban J connectivity index is 1.59. The van der Waals surface area contributed by atoms with Crippen molar-refractivity contribution < 1.29 is 14.0 Å². The molecule has 1 aromatic heterocycles. The number of hydrogen-bond acceptors (Lipinski definition) is 3. The molecule has 1 aliphatic heterocycles. The number of carbonyl (C=O) groups excluding carboxylic acids is 2. The predicted octanol–water partition coefficient (Wildman–Crippen LogP) is 4.34. The number of halogens is 1. The number of aromatic nitrogens is 2. The Bertz CT molecular complexity index is 1120. The smallest absolute Gasteiger partial charge is 0.242 e. The van der Waals surface area contributed by atoms with E-state index in [1.54, 1.807) is 17.0 Å². The van der Waals surface area contributed by atoms with Crippen LogP contribution in [0, 0.1) is 5.82 Å². The molecule has 1 saturated heterocycles. The number of nitrogens with zero attached hydrogens (tertiary/aromatic N) is 4. The quantitative estimate of drug-likeness (QED) is 0.487. The van der Waals surface area contributed by atoms with E-state index in [-0.39, 0.29) is 30.1 Å². The second-order valence-electron chi connectivity index (χ2n) is 8.73. The SMILES string of the molecule is CCCN(CCC)C(=O)Cn1c([C@H]2CC(=O)N(Cc3ccc(F)cc3)C2)nc2ccccc21. The third kappa shape index (κ3) is 5.07. The molecule has 33 heavy (non-hydrogen) atoms. The van der Waals surface area contributed by atoms with Crippen LogP contribution >= 0.6 is 0 Å². The highest BCUT2D eigenvalue weighted by molar-refractivity contribution is 5.83. The molecule has 1 fully saturated rings. The molecule has 3 aromatic rings. The topological polar surface area (TPSA) is 58.4 Å². The van der Waals surface area contributed by atoms with Crippen LogP contribution in [-0.2, 0) is 22.7 Å². The lowest BCUT2D eigenvalue weighted by Crippen LogP contribution is -2.35. The highest BCUT2D eigenvalue weighted by Crippen LogP contribution is 2.31. The van der Waals surface area contributed by atoms with Crippen molar-refractivity contribution in [3.8, 4) is 0 Å². The molecule has 0 unspecified atom stereocenters. The standard InChI is InChI=1S/C26H31FN4O2/c1-3-13-29(14-4-2)25(33)18-31-23-8-6-5-7-22(23)28-26(31)20-15-24(32)30(17-20)16-19-9-11-21(27)12-10-19/h5-12,20H,3-4,13-18H2,1-2H3/t20-/m0/s1. The zero-order valence-corrected chi connectivity index (χ0v) is 19.3. The maximum atomic E-state index is 13.2. The summed E-state index contributed by atoms with van der Waals surface area (Å²) in [6.45, 7) is 6.82. The highest BCUT2D eigenvalue weighted by atomic mass is 19.1. The van der Waals surface area contributed by atoms with Crippen molar-refractivity contribution in [2.75, 3.05) is 19.6 Å². The van der Waals surface area contributed by atoms with Gasteiger partial charge in [0.1, 0.15) is 18.2 Å². The van der Waals surface area contributed by atoms with Gasteiger partial charge in [-0.1, -0.05) is 38.1 Å². The van der Waals surface area contributed by atoms with E-state index in [4.69, 9.17) is 4.98 Å². The Morgan fingerprint density at radius 2 is 1.79 bits per heavy atom. The molecule has 0 saturated carbocycles. The summed E-state index contributed by atoms with van der Waals surface area (Å²) in [5.74, 6) is 0.530. The molecule has 2 amide bonds. The minimum absolute atomic E-state index is 0.0489. The first kappa shape index (κ1) is 23.0. The van der Waals surface area contributed by atoms with E-state index in [9.17, 15) is 14.0 Å². The van der Waals surface area contributed by atoms with Crippen molar-refractivity contribution in [1.82, 2.24) is 19.4 Å². The molecule has 0 radical (unpaired) electrons. The molecular weight excluding hydrogens is 419 g/mol. The molecule has 174 valence electrons. The third-order valence-corrected chi connectivity index (χ3v) is 6.18. The summed E-state index contributed by atoms with van der Waals surface area (Å²) < 4.78 is 15.2. The highest BCUT2D eigenvalue weighted by Gasteiger charge is 2.34. The van der Waals surface area contributed by atoms with Crippen LogP contribution in [0.4, 0.5) is 4.39 Å². The molecule has 0 bridgehead atoms. The normalized spacial score (nSPS) is 16.0. The number of likely N-dealkylation sites (tertiary alicyclic amines) is 1. The molecule has 0 spiro atoms. The van der Waals surface area contributed by atoms with E-state index in [1.165, 1.54) is 12.1 Å². The fourth-order valence-electron chi connectivity index (χ4n) is 4.62. The van der Waals surface area contributed by atoms with E-state index in [2.05, 4.69) is 13.8 Å². The number of hydrogen-bond donors (Lipinski definition) is 0. The van der Waals surface area contributed by atoms with Gasteiger partial charge in [-0.15, -0.1) is 0 Å². The Kier molecular flexibility index (Phi) is 7.06. The number of imidazole rings is 1. The summed E-state index contributed by atoms with van der Waals surface area (Å²) in [5.41, 5.74) is 2.64. The average molecular weight is 451 g/mol. The van der Waals surface area contributed by atoms with Crippen molar-refractivity contribution in [2.24, 2.45) is 0 Å². The van der Waals surface area contributed by atoms with Gasteiger partial charge in [0.15, 0.2) is 0 Å². The maximum Gasteiger partial charge on any atom is 0.242 e. The zero-order chi connectivity index (χ0) is 23.4. The largest absolute Gasteiger partial charge is 0.341 e. The first-order valence-corrected chi connectivity index (χ1v) is 11.7. The number of rotatable bonds is 9. The van der Waals surface area contributed by atoms with Gasteiger partial charge in [0.2, 0.25) is 11.8 Å². The minimum atomic E-state index is -0.289. The molecule has 2 aromatic carbocycles. The average Bonchev–Trinajstić information content (AvgIpc) is 3.35. The van der Waals surface area contributed by atoms with Crippen molar-refractivity contribution in [3.05, 3.63) is 65.7 Å². The molecule has 4 rings (SSSR count). The van der Waals surface area contributed by atoms with E-state index in [1.807, 2.05) is 33.7 Å². The number of carbonyl (C=O) groups is 2. The molecule has 1 aliphatic rings. The lowest BCUT2D eigenvalue weighted by molar-refractivity contribution is -0.132. The van der Waals surface area contributed by atoms with Crippen molar-refractivity contribution in [1.29, 1.82) is 0 Å². The first-order valence-electron chi connectivity index (χ1n) is 11.7. The number of amides is 2. The Morgan fingerprint density at radius 1 is 1.09 bits per heavy atom. The molecule has 7 heteroatoms. The summed E-state index contributed by atoms with van der Waals surface area (Å²) >= 11 is 0. The monoisotopic (exact) mass is 450 g/mol. The van der Waals surface area contributed by atoms with Gasteiger partial charge in [0, 0.05) is 38.5 Å². The second kappa shape index (κ2) is 10.1.